The Morgan fingerprint density at radius 2 is 2.64 bits per heavy atom. The Balaban J connectivity index is 2.39. The van der Waals surface area contributed by atoms with E-state index in [2.05, 4.69) is 23.3 Å². The van der Waals surface area contributed by atoms with E-state index in [-0.39, 0.29) is 0 Å². The number of fused-ring (bicyclic) bond motifs is 1. The van der Waals surface area contributed by atoms with Crippen molar-refractivity contribution in [1.29, 1.82) is 0 Å². The topological polar surface area (TPSA) is 24.9 Å². The molecule has 58 valence electrons. The van der Waals surface area contributed by atoms with Crippen LogP contribution in [0.4, 0.5) is 5.69 Å². The molecular weight excluding hydrogens is 136 g/mol. The Morgan fingerprint density at radius 1 is 1.73 bits per heavy atom. The van der Waals surface area contributed by atoms with Gasteiger partial charge in [0.25, 0.3) is 0 Å². The normalized spacial score (nSPS) is 21.0. The number of rotatable bonds is 1. The van der Waals surface area contributed by atoms with Gasteiger partial charge in [0.2, 0.25) is 0 Å². The molecule has 1 atom stereocenters. The SMILES string of the molecule is CCC1CNc2cccnc21. The lowest BCUT2D eigenvalue weighted by Crippen LogP contribution is -2.00. The Labute approximate surface area is 66.7 Å². The highest BCUT2D eigenvalue weighted by atomic mass is 15.0. The third-order valence-corrected chi connectivity index (χ3v) is 2.26. The maximum atomic E-state index is 4.35. The summed E-state index contributed by atoms with van der Waals surface area (Å²) < 4.78 is 0. The van der Waals surface area contributed by atoms with Crippen LogP contribution in [-0.2, 0) is 0 Å². The molecule has 1 aromatic rings. The van der Waals surface area contributed by atoms with Crippen LogP contribution in [0.3, 0.4) is 0 Å². The Kier molecular flexibility index (Phi) is 1.53. The molecule has 2 nitrogen and oxygen atoms in total. The van der Waals surface area contributed by atoms with Crippen LogP contribution in [0.2, 0.25) is 0 Å². The molecule has 1 aromatic heterocycles. The second-order valence-electron chi connectivity index (χ2n) is 2.92. The Morgan fingerprint density at radius 3 is 3.45 bits per heavy atom. The minimum Gasteiger partial charge on any atom is -0.383 e. The molecule has 0 bridgehead atoms. The van der Waals surface area contributed by atoms with Crippen molar-refractivity contribution in [3.8, 4) is 0 Å². The molecule has 1 aliphatic heterocycles. The van der Waals surface area contributed by atoms with Gasteiger partial charge in [0.15, 0.2) is 0 Å². The number of anilines is 1. The van der Waals surface area contributed by atoms with E-state index in [1.165, 1.54) is 17.8 Å². The van der Waals surface area contributed by atoms with Crippen LogP contribution in [-0.4, -0.2) is 11.5 Å². The number of hydrogen-bond donors (Lipinski definition) is 1. The fourth-order valence-electron chi connectivity index (χ4n) is 1.56. The molecule has 0 spiro atoms. The van der Waals surface area contributed by atoms with Gasteiger partial charge in [-0.05, 0) is 18.6 Å². The first-order valence-electron chi connectivity index (χ1n) is 4.10. The molecule has 11 heavy (non-hydrogen) atoms. The van der Waals surface area contributed by atoms with E-state index >= 15 is 0 Å². The van der Waals surface area contributed by atoms with Crippen molar-refractivity contribution in [2.75, 3.05) is 11.9 Å². The van der Waals surface area contributed by atoms with Gasteiger partial charge in [-0.15, -0.1) is 0 Å². The van der Waals surface area contributed by atoms with Gasteiger partial charge in [0.05, 0.1) is 11.4 Å². The molecule has 1 N–H and O–H groups in total. The van der Waals surface area contributed by atoms with E-state index in [9.17, 15) is 0 Å². The molecule has 0 amide bonds. The molecule has 1 aliphatic rings. The van der Waals surface area contributed by atoms with Crippen molar-refractivity contribution in [1.82, 2.24) is 4.98 Å². The number of pyridine rings is 1. The molecule has 2 heterocycles. The molecule has 0 saturated heterocycles. The molecule has 2 rings (SSSR count). The number of nitrogens with one attached hydrogen (secondary N) is 1. The van der Waals surface area contributed by atoms with Gasteiger partial charge in [-0.3, -0.25) is 4.98 Å². The fourth-order valence-corrected chi connectivity index (χ4v) is 1.56. The lowest BCUT2D eigenvalue weighted by atomic mass is 10.0. The molecule has 0 saturated carbocycles. The van der Waals surface area contributed by atoms with Crippen LogP contribution in [0.5, 0.6) is 0 Å². The van der Waals surface area contributed by atoms with Gasteiger partial charge in [0.1, 0.15) is 0 Å². The molecular formula is C9H12N2. The largest absolute Gasteiger partial charge is 0.383 e. The fraction of sp³-hybridized carbons (Fsp3) is 0.444. The number of hydrogen-bond acceptors (Lipinski definition) is 2. The highest BCUT2D eigenvalue weighted by Crippen LogP contribution is 2.30. The maximum absolute atomic E-state index is 4.35. The average Bonchev–Trinajstić information content (AvgIpc) is 2.47. The summed E-state index contributed by atoms with van der Waals surface area (Å²) in [5.74, 6) is 0.631. The van der Waals surface area contributed by atoms with Crippen LogP contribution in [0.15, 0.2) is 18.3 Å². The Bertz CT molecular complexity index is 257. The minimum atomic E-state index is 0.631. The molecule has 1 unspecified atom stereocenters. The first kappa shape index (κ1) is 6.65. The van der Waals surface area contributed by atoms with Crippen LogP contribution >= 0.6 is 0 Å². The van der Waals surface area contributed by atoms with Crippen LogP contribution < -0.4 is 5.32 Å². The standard InChI is InChI=1S/C9H12N2/c1-2-7-6-11-8-4-3-5-10-9(7)8/h3-5,7,11H,2,6H2,1H3. The highest BCUT2D eigenvalue weighted by molar-refractivity contribution is 5.53. The zero-order valence-electron chi connectivity index (χ0n) is 6.67. The molecule has 0 fully saturated rings. The first-order valence-corrected chi connectivity index (χ1v) is 4.10. The van der Waals surface area contributed by atoms with E-state index in [4.69, 9.17) is 0 Å². The lowest BCUT2D eigenvalue weighted by molar-refractivity contribution is 0.707. The van der Waals surface area contributed by atoms with Crippen molar-refractivity contribution >= 4 is 5.69 Å². The summed E-state index contributed by atoms with van der Waals surface area (Å²) in [6, 6.07) is 4.07. The molecule has 2 heteroatoms. The van der Waals surface area contributed by atoms with Crippen LogP contribution in [0.25, 0.3) is 0 Å². The summed E-state index contributed by atoms with van der Waals surface area (Å²) in [7, 11) is 0. The predicted molar refractivity (Wildman–Crippen MR) is 45.8 cm³/mol. The van der Waals surface area contributed by atoms with E-state index in [0.29, 0.717) is 5.92 Å². The van der Waals surface area contributed by atoms with E-state index < -0.39 is 0 Å². The van der Waals surface area contributed by atoms with Gasteiger partial charge < -0.3 is 5.32 Å². The van der Waals surface area contributed by atoms with Gasteiger partial charge in [-0.25, -0.2) is 0 Å². The molecule has 0 aliphatic carbocycles. The summed E-state index contributed by atoms with van der Waals surface area (Å²) in [5.41, 5.74) is 2.47. The van der Waals surface area contributed by atoms with E-state index in [0.717, 1.165) is 6.54 Å². The second-order valence-corrected chi connectivity index (χ2v) is 2.92. The van der Waals surface area contributed by atoms with Crippen molar-refractivity contribution in [2.45, 2.75) is 19.3 Å². The summed E-state index contributed by atoms with van der Waals surface area (Å²) in [6.07, 6.45) is 3.05. The third kappa shape index (κ3) is 0.985. The van der Waals surface area contributed by atoms with Crippen molar-refractivity contribution in [3.05, 3.63) is 24.0 Å². The summed E-state index contributed by atoms with van der Waals surface area (Å²) >= 11 is 0. The second kappa shape index (κ2) is 2.53. The summed E-state index contributed by atoms with van der Waals surface area (Å²) in [4.78, 5) is 4.35. The third-order valence-electron chi connectivity index (χ3n) is 2.26. The minimum absolute atomic E-state index is 0.631. The number of nitrogens with zero attached hydrogens (tertiary/aromatic N) is 1. The zero-order valence-corrected chi connectivity index (χ0v) is 6.67. The Hall–Kier alpha value is -1.05. The molecule has 0 aromatic carbocycles. The van der Waals surface area contributed by atoms with E-state index in [1.807, 2.05) is 12.3 Å². The van der Waals surface area contributed by atoms with Crippen molar-refractivity contribution in [3.63, 3.8) is 0 Å². The molecule has 0 radical (unpaired) electrons. The smallest absolute Gasteiger partial charge is 0.0682 e. The van der Waals surface area contributed by atoms with Gasteiger partial charge in [-0.1, -0.05) is 6.92 Å². The van der Waals surface area contributed by atoms with Crippen molar-refractivity contribution < 1.29 is 0 Å². The number of aromatic nitrogens is 1. The monoisotopic (exact) mass is 148 g/mol. The van der Waals surface area contributed by atoms with Crippen molar-refractivity contribution in [2.24, 2.45) is 0 Å². The van der Waals surface area contributed by atoms with Gasteiger partial charge in [-0.2, -0.15) is 0 Å². The van der Waals surface area contributed by atoms with Crippen LogP contribution in [0, 0.1) is 0 Å². The van der Waals surface area contributed by atoms with Crippen LogP contribution in [0.1, 0.15) is 25.0 Å². The highest BCUT2D eigenvalue weighted by Gasteiger charge is 2.20. The van der Waals surface area contributed by atoms with Gasteiger partial charge >= 0.3 is 0 Å². The lowest BCUT2D eigenvalue weighted by Gasteiger charge is -2.02. The quantitative estimate of drug-likeness (QED) is 0.659. The first-order chi connectivity index (χ1) is 5.42. The zero-order chi connectivity index (χ0) is 7.68. The predicted octanol–water partition coefficient (Wildman–Crippen LogP) is 2.00. The van der Waals surface area contributed by atoms with Gasteiger partial charge in [0, 0.05) is 18.7 Å². The average molecular weight is 148 g/mol. The maximum Gasteiger partial charge on any atom is 0.0682 e. The van der Waals surface area contributed by atoms with E-state index in [1.54, 1.807) is 0 Å². The summed E-state index contributed by atoms with van der Waals surface area (Å²) in [6.45, 7) is 3.26. The summed E-state index contributed by atoms with van der Waals surface area (Å²) in [5, 5.41) is 3.34.